The molecule has 2 aromatic carbocycles. The van der Waals surface area contributed by atoms with E-state index in [1.54, 1.807) is 18.2 Å². The molecule has 1 aliphatic rings. The molecule has 0 bridgehead atoms. The smallest absolute Gasteiger partial charge is 0.181 e. The third-order valence-corrected chi connectivity index (χ3v) is 6.58. The maximum atomic E-state index is 14.8. The van der Waals surface area contributed by atoms with Crippen molar-refractivity contribution in [1.29, 1.82) is 0 Å². The number of nitrogens with two attached hydrogens (primary N) is 1. The summed E-state index contributed by atoms with van der Waals surface area (Å²) in [6.45, 7) is 1.34. The van der Waals surface area contributed by atoms with Crippen molar-refractivity contribution in [3.05, 3.63) is 60.7 Å². The molecule has 0 saturated carbocycles. The van der Waals surface area contributed by atoms with Crippen LogP contribution in [-0.2, 0) is 11.4 Å². The van der Waals surface area contributed by atoms with Crippen LogP contribution < -0.4 is 5.73 Å². The van der Waals surface area contributed by atoms with Crippen LogP contribution in [0.15, 0.2) is 59.8 Å². The van der Waals surface area contributed by atoms with E-state index >= 15 is 0 Å². The molecular weight excluding hydrogens is 391 g/mol. The van der Waals surface area contributed by atoms with Crippen molar-refractivity contribution >= 4 is 17.2 Å². The molecule has 3 aromatic rings. The zero-order valence-electron chi connectivity index (χ0n) is 15.7. The summed E-state index contributed by atoms with van der Waals surface area (Å²) in [6.07, 6.45) is 3.63. The summed E-state index contributed by atoms with van der Waals surface area (Å²) in [4.78, 5) is 8.71. The maximum Gasteiger partial charge on any atom is 0.181 e. The fourth-order valence-electron chi connectivity index (χ4n) is 3.46. The van der Waals surface area contributed by atoms with Crippen LogP contribution in [0.1, 0.15) is 6.42 Å². The second-order valence-corrected chi connectivity index (χ2v) is 8.45. The van der Waals surface area contributed by atoms with Crippen molar-refractivity contribution < 1.29 is 14.0 Å². The van der Waals surface area contributed by atoms with Gasteiger partial charge in [0.1, 0.15) is 11.6 Å². The number of rotatable bonds is 5. The average Bonchev–Trinajstić information content (AvgIpc) is 3.23. The fraction of sp³-hybridized carbons (Fsp3) is 0.238. The lowest BCUT2D eigenvalue weighted by Crippen LogP contribution is -2.29. The van der Waals surface area contributed by atoms with Gasteiger partial charge in [-0.1, -0.05) is 18.2 Å². The Kier molecular flexibility index (Phi) is 5.77. The lowest BCUT2D eigenvalue weighted by molar-refractivity contribution is 0.233. The Morgan fingerprint density at radius 3 is 2.69 bits per heavy atom. The number of hydrogen-bond acceptors (Lipinski definition) is 6. The van der Waals surface area contributed by atoms with Gasteiger partial charge in [-0.3, -0.25) is 4.98 Å². The van der Waals surface area contributed by atoms with Gasteiger partial charge in [-0.25, -0.2) is 9.37 Å². The molecule has 0 amide bonds. The number of anilines is 1. The summed E-state index contributed by atoms with van der Waals surface area (Å²) in [5.74, 6) is -0.0277. The highest BCUT2D eigenvalue weighted by molar-refractivity contribution is 7.89. The summed E-state index contributed by atoms with van der Waals surface area (Å²) in [7, 11) is 0. The summed E-state index contributed by atoms with van der Waals surface area (Å²) >= 11 is -1.38. The number of nitrogens with zero attached hydrogens (tertiary/aromatic N) is 3. The van der Waals surface area contributed by atoms with E-state index in [9.17, 15) is 14.0 Å². The first-order chi connectivity index (χ1) is 14.1. The first-order valence-corrected chi connectivity index (χ1v) is 10.4. The first-order valence-electron chi connectivity index (χ1n) is 9.31. The fourth-order valence-corrected chi connectivity index (χ4v) is 4.93. The van der Waals surface area contributed by atoms with E-state index in [-0.39, 0.29) is 18.3 Å². The lowest BCUT2D eigenvalue weighted by Gasteiger charge is -2.21. The molecule has 2 atom stereocenters. The standard InChI is InChI=1S/C21H21FN4O2S/c22-18-9-15(5-6-17(18)19-10-25-21(23)11-24-19)16-3-1-2-4-20(16)29(28)26-8-7-14(12-26)13-27/h1-6,9-11,14,27H,7-8,12-13H2,(H2,23,25). The lowest BCUT2D eigenvalue weighted by atomic mass is 10.0. The molecule has 1 saturated heterocycles. The molecule has 0 aliphatic carbocycles. The van der Waals surface area contributed by atoms with Crippen molar-refractivity contribution in [1.82, 2.24) is 14.3 Å². The van der Waals surface area contributed by atoms with E-state index in [2.05, 4.69) is 9.97 Å². The van der Waals surface area contributed by atoms with Gasteiger partial charge in [0.05, 0.1) is 29.4 Å². The number of aromatic nitrogens is 2. The van der Waals surface area contributed by atoms with Crippen LogP contribution in [0.25, 0.3) is 22.4 Å². The predicted molar refractivity (Wildman–Crippen MR) is 110 cm³/mol. The van der Waals surface area contributed by atoms with Crippen LogP contribution in [0.5, 0.6) is 0 Å². The zero-order valence-corrected chi connectivity index (χ0v) is 16.5. The SMILES string of the molecule is Nc1cnc(-c2ccc(-c3ccccc3[S+]([O-])N3CCC(CO)C3)cc2F)cn1. The molecule has 4 rings (SSSR count). The van der Waals surface area contributed by atoms with E-state index in [0.717, 1.165) is 6.42 Å². The van der Waals surface area contributed by atoms with Crippen molar-refractivity contribution in [2.75, 3.05) is 25.4 Å². The van der Waals surface area contributed by atoms with Gasteiger partial charge in [0.25, 0.3) is 0 Å². The van der Waals surface area contributed by atoms with Gasteiger partial charge in [-0.15, -0.1) is 4.31 Å². The van der Waals surface area contributed by atoms with Crippen molar-refractivity contribution in [3.8, 4) is 22.4 Å². The van der Waals surface area contributed by atoms with Crippen LogP contribution >= 0.6 is 0 Å². The summed E-state index contributed by atoms with van der Waals surface area (Å²) in [5, 5.41) is 9.35. The van der Waals surface area contributed by atoms with Gasteiger partial charge >= 0.3 is 0 Å². The van der Waals surface area contributed by atoms with E-state index < -0.39 is 17.2 Å². The maximum absolute atomic E-state index is 14.8. The van der Waals surface area contributed by atoms with E-state index in [1.807, 2.05) is 22.5 Å². The van der Waals surface area contributed by atoms with Gasteiger partial charge in [0, 0.05) is 36.7 Å². The largest absolute Gasteiger partial charge is 0.593 e. The number of hydrogen-bond donors (Lipinski definition) is 2. The molecule has 2 unspecified atom stereocenters. The Hall–Kier alpha value is -2.52. The highest BCUT2D eigenvalue weighted by Gasteiger charge is 2.33. The highest BCUT2D eigenvalue weighted by Crippen LogP contribution is 2.33. The molecular formula is C21H21FN4O2S. The zero-order chi connectivity index (χ0) is 20.4. The Labute approximate surface area is 171 Å². The van der Waals surface area contributed by atoms with Crippen LogP contribution in [0.2, 0.25) is 0 Å². The van der Waals surface area contributed by atoms with Crippen molar-refractivity contribution in [2.45, 2.75) is 11.3 Å². The average molecular weight is 412 g/mol. The molecule has 6 nitrogen and oxygen atoms in total. The quantitative estimate of drug-likeness (QED) is 0.626. The molecule has 150 valence electrons. The van der Waals surface area contributed by atoms with E-state index in [0.29, 0.717) is 40.4 Å². The van der Waals surface area contributed by atoms with Crippen LogP contribution in [-0.4, -0.2) is 43.6 Å². The first kappa shape index (κ1) is 19.8. The number of halogens is 1. The monoisotopic (exact) mass is 412 g/mol. The minimum atomic E-state index is -1.38. The minimum Gasteiger partial charge on any atom is -0.593 e. The van der Waals surface area contributed by atoms with Crippen LogP contribution in [0, 0.1) is 11.7 Å². The number of aliphatic hydroxyl groups is 1. The Bertz CT molecular complexity index is 1000. The second-order valence-electron chi connectivity index (χ2n) is 6.99. The molecule has 1 aromatic heterocycles. The molecule has 1 aliphatic heterocycles. The topological polar surface area (TPSA) is 98.3 Å². The Morgan fingerprint density at radius 2 is 2.00 bits per heavy atom. The molecule has 8 heteroatoms. The van der Waals surface area contributed by atoms with Crippen LogP contribution in [0.4, 0.5) is 10.2 Å². The van der Waals surface area contributed by atoms with Gasteiger partial charge in [0.15, 0.2) is 4.90 Å². The predicted octanol–water partition coefficient (Wildman–Crippen LogP) is 2.87. The number of benzene rings is 2. The van der Waals surface area contributed by atoms with Gasteiger partial charge < -0.3 is 15.4 Å². The molecule has 0 spiro atoms. The molecule has 3 N–H and O–H groups in total. The molecule has 1 fully saturated rings. The van der Waals surface area contributed by atoms with Crippen molar-refractivity contribution in [3.63, 3.8) is 0 Å². The minimum absolute atomic E-state index is 0.0933. The second kappa shape index (κ2) is 8.46. The van der Waals surface area contributed by atoms with Gasteiger partial charge in [-0.05, 0) is 36.2 Å². The molecule has 29 heavy (non-hydrogen) atoms. The van der Waals surface area contributed by atoms with Crippen LogP contribution in [0.3, 0.4) is 0 Å². The summed E-state index contributed by atoms with van der Waals surface area (Å²) in [6, 6.07) is 12.2. The van der Waals surface area contributed by atoms with Gasteiger partial charge in [-0.2, -0.15) is 0 Å². The Morgan fingerprint density at radius 1 is 1.17 bits per heavy atom. The summed E-state index contributed by atoms with van der Waals surface area (Å²) in [5.41, 5.74) is 7.61. The van der Waals surface area contributed by atoms with E-state index in [4.69, 9.17) is 5.73 Å². The number of aliphatic hydroxyl groups excluding tert-OH is 1. The number of nitrogen functional groups attached to an aromatic ring is 1. The third kappa shape index (κ3) is 4.11. The normalized spacial score (nSPS) is 18.1. The van der Waals surface area contributed by atoms with Gasteiger partial charge in [0.2, 0.25) is 0 Å². The van der Waals surface area contributed by atoms with E-state index in [1.165, 1.54) is 18.5 Å². The highest BCUT2D eigenvalue weighted by atomic mass is 32.2. The third-order valence-electron chi connectivity index (χ3n) is 5.04. The van der Waals surface area contributed by atoms with Crippen molar-refractivity contribution in [2.24, 2.45) is 5.92 Å². The summed E-state index contributed by atoms with van der Waals surface area (Å²) < 4.78 is 29.8. The molecule has 2 heterocycles. The Balaban J connectivity index is 1.65. The molecule has 0 radical (unpaired) electrons.